The second-order valence-electron chi connectivity index (χ2n) is 1.50. The number of nitrogens with two attached hydrogens (primary N) is 1. The molecule has 0 aliphatic carbocycles. The van der Waals surface area contributed by atoms with E-state index < -0.39 is 8.97 Å². The first-order valence-corrected chi connectivity index (χ1v) is 4.75. The Morgan fingerprint density at radius 1 is 1.33 bits per heavy atom. The lowest BCUT2D eigenvalue weighted by molar-refractivity contribution is 0.109. The highest BCUT2D eigenvalue weighted by atomic mass is 28.4. The van der Waals surface area contributed by atoms with Crippen molar-refractivity contribution in [3.05, 3.63) is 0 Å². The summed E-state index contributed by atoms with van der Waals surface area (Å²) in [6.07, 6.45) is 0. The summed E-state index contributed by atoms with van der Waals surface area (Å²) in [5, 5.41) is 5.19. The van der Waals surface area contributed by atoms with Gasteiger partial charge in [0, 0.05) is 13.2 Å². The number of hydrogen-bond acceptors (Lipinski definition) is 4. The van der Waals surface area contributed by atoms with E-state index in [1.165, 1.54) is 0 Å². The molecule has 9 heavy (non-hydrogen) atoms. The maximum Gasteiger partial charge on any atom is 0.591 e. The van der Waals surface area contributed by atoms with Gasteiger partial charge in [-0.1, -0.05) is 0 Å². The van der Waals surface area contributed by atoms with Crippen molar-refractivity contribution >= 4 is 8.97 Å². The van der Waals surface area contributed by atoms with E-state index in [2.05, 4.69) is 0 Å². The maximum atomic E-state index is 8.99. The van der Waals surface area contributed by atoms with Gasteiger partial charge in [-0.25, -0.2) is 0 Å². The summed E-state index contributed by atoms with van der Waals surface area (Å²) in [6, 6.07) is 0. The predicted molar refractivity (Wildman–Crippen MR) is 35.4 cm³/mol. The normalized spacial score (nSPS) is 12.0. The van der Waals surface area contributed by atoms with Crippen LogP contribution in [-0.4, -0.2) is 27.0 Å². The molecule has 0 aromatic carbocycles. The van der Waals surface area contributed by atoms with E-state index in [1.54, 1.807) is 13.8 Å². The molecule has 0 aromatic rings. The standard InChI is InChI=1S/C4H13NO3Si/c1-3-7-9(5,6)8-4-2/h6H,3-5H2,1-2H3. The molecule has 0 bridgehead atoms. The maximum absolute atomic E-state index is 8.99. The molecule has 0 aromatic heterocycles. The van der Waals surface area contributed by atoms with Crippen LogP contribution >= 0.6 is 0 Å². The van der Waals surface area contributed by atoms with Gasteiger partial charge in [0.2, 0.25) is 0 Å². The van der Waals surface area contributed by atoms with E-state index in [0.29, 0.717) is 13.2 Å². The summed E-state index contributed by atoms with van der Waals surface area (Å²) >= 11 is 0. The van der Waals surface area contributed by atoms with Crippen LogP contribution in [0.2, 0.25) is 0 Å². The molecule has 0 unspecified atom stereocenters. The smallest absolute Gasteiger partial charge is 0.377 e. The van der Waals surface area contributed by atoms with Crippen LogP contribution < -0.4 is 5.40 Å². The van der Waals surface area contributed by atoms with Crippen LogP contribution in [0.4, 0.5) is 0 Å². The number of hydrogen-bond donors (Lipinski definition) is 2. The zero-order chi connectivity index (χ0) is 7.33. The fraction of sp³-hybridized carbons (Fsp3) is 1.00. The van der Waals surface area contributed by atoms with Crippen LogP contribution in [0, 0.1) is 0 Å². The molecular formula is C4H13NO3Si. The minimum atomic E-state index is -3.20. The Balaban J connectivity index is 3.43. The van der Waals surface area contributed by atoms with Crippen LogP contribution in [0.5, 0.6) is 0 Å². The molecule has 0 aliphatic heterocycles. The van der Waals surface area contributed by atoms with Crippen molar-refractivity contribution in [2.75, 3.05) is 13.2 Å². The third-order valence-corrected chi connectivity index (χ3v) is 2.11. The first-order valence-electron chi connectivity index (χ1n) is 2.91. The zero-order valence-corrected chi connectivity index (χ0v) is 6.76. The molecule has 0 fully saturated rings. The van der Waals surface area contributed by atoms with Crippen molar-refractivity contribution in [1.29, 1.82) is 0 Å². The minimum absolute atomic E-state index is 0.388. The Bertz CT molecular complexity index is 70.2. The van der Waals surface area contributed by atoms with E-state index in [1.807, 2.05) is 0 Å². The van der Waals surface area contributed by atoms with Gasteiger partial charge in [0.15, 0.2) is 0 Å². The quantitative estimate of drug-likeness (QED) is 0.529. The second kappa shape index (κ2) is 3.97. The van der Waals surface area contributed by atoms with E-state index in [4.69, 9.17) is 19.0 Å². The van der Waals surface area contributed by atoms with Crippen LogP contribution in [0.15, 0.2) is 0 Å². The predicted octanol–water partition coefficient (Wildman–Crippen LogP) is -0.554. The highest BCUT2D eigenvalue weighted by Crippen LogP contribution is 1.92. The van der Waals surface area contributed by atoms with E-state index in [-0.39, 0.29) is 0 Å². The molecule has 0 amide bonds. The average molecular weight is 151 g/mol. The van der Waals surface area contributed by atoms with Gasteiger partial charge in [0.25, 0.3) is 0 Å². The summed E-state index contributed by atoms with van der Waals surface area (Å²) in [6.45, 7) is 4.28. The molecule has 5 heteroatoms. The average Bonchev–Trinajstić information content (AvgIpc) is 1.64. The monoisotopic (exact) mass is 151 g/mol. The fourth-order valence-corrected chi connectivity index (χ4v) is 1.37. The summed E-state index contributed by atoms with van der Waals surface area (Å²) in [7, 11) is -3.20. The molecular weight excluding hydrogens is 138 g/mol. The lowest BCUT2D eigenvalue weighted by Crippen LogP contribution is -2.52. The molecule has 0 radical (unpaired) electrons. The van der Waals surface area contributed by atoms with E-state index in [0.717, 1.165) is 0 Å². The second-order valence-corrected chi connectivity index (χ2v) is 3.34. The van der Waals surface area contributed by atoms with Crippen molar-refractivity contribution in [1.82, 2.24) is 0 Å². The van der Waals surface area contributed by atoms with Gasteiger partial charge in [-0.2, -0.15) is 0 Å². The molecule has 0 saturated heterocycles. The highest BCUT2D eigenvalue weighted by molar-refractivity contribution is 6.55. The van der Waals surface area contributed by atoms with Crippen LogP contribution in [-0.2, 0) is 8.85 Å². The van der Waals surface area contributed by atoms with Gasteiger partial charge in [-0.3, -0.25) is 5.40 Å². The summed E-state index contributed by atoms with van der Waals surface area (Å²) in [5.41, 5.74) is 0. The molecule has 0 atom stereocenters. The van der Waals surface area contributed by atoms with Crippen molar-refractivity contribution < 1.29 is 13.6 Å². The first-order chi connectivity index (χ1) is 4.12. The summed E-state index contributed by atoms with van der Waals surface area (Å²) < 4.78 is 9.44. The molecule has 56 valence electrons. The van der Waals surface area contributed by atoms with Crippen molar-refractivity contribution in [2.24, 2.45) is 5.40 Å². The molecule has 0 rings (SSSR count). The molecule has 0 heterocycles. The lowest BCUT2D eigenvalue weighted by atomic mass is 10.9. The first kappa shape index (κ1) is 9.06. The Hall–Kier alpha value is 0.0569. The molecule has 0 spiro atoms. The van der Waals surface area contributed by atoms with Crippen molar-refractivity contribution in [3.8, 4) is 0 Å². The van der Waals surface area contributed by atoms with Gasteiger partial charge in [0.05, 0.1) is 0 Å². The van der Waals surface area contributed by atoms with Gasteiger partial charge in [-0.15, -0.1) is 0 Å². The third kappa shape index (κ3) is 4.55. The molecule has 0 saturated carbocycles. The number of rotatable bonds is 4. The summed E-state index contributed by atoms with van der Waals surface area (Å²) in [5.74, 6) is 0. The van der Waals surface area contributed by atoms with Gasteiger partial charge >= 0.3 is 8.97 Å². The van der Waals surface area contributed by atoms with E-state index >= 15 is 0 Å². The highest BCUT2D eigenvalue weighted by Gasteiger charge is 2.30. The Kier molecular flexibility index (Phi) is 3.99. The lowest BCUT2D eigenvalue weighted by Gasteiger charge is -2.15. The Morgan fingerprint density at radius 3 is 1.89 bits per heavy atom. The van der Waals surface area contributed by atoms with Gasteiger partial charge in [0.1, 0.15) is 0 Å². The molecule has 0 aliphatic rings. The largest absolute Gasteiger partial charge is 0.591 e. The van der Waals surface area contributed by atoms with Crippen LogP contribution in [0.25, 0.3) is 0 Å². The van der Waals surface area contributed by atoms with Crippen LogP contribution in [0.1, 0.15) is 13.8 Å². The SMILES string of the molecule is CCO[Si](N)(O)OCC. The Labute approximate surface area is 56.0 Å². The van der Waals surface area contributed by atoms with Crippen molar-refractivity contribution in [2.45, 2.75) is 13.8 Å². The van der Waals surface area contributed by atoms with Crippen LogP contribution in [0.3, 0.4) is 0 Å². The minimum Gasteiger partial charge on any atom is -0.377 e. The molecule has 4 nitrogen and oxygen atoms in total. The fourth-order valence-electron chi connectivity index (χ4n) is 0.455. The topological polar surface area (TPSA) is 64.7 Å². The van der Waals surface area contributed by atoms with Gasteiger partial charge in [-0.05, 0) is 13.8 Å². The third-order valence-electron chi connectivity index (χ3n) is 0.702. The van der Waals surface area contributed by atoms with E-state index in [9.17, 15) is 0 Å². The zero-order valence-electron chi connectivity index (χ0n) is 5.76. The van der Waals surface area contributed by atoms with Gasteiger partial charge < -0.3 is 13.6 Å². The Morgan fingerprint density at radius 2 is 1.67 bits per heavy atom. The molecule has 3 N–H and O–H groups in total. The van der Waals surface area contributed by atoms with Crippen molar-refractivity contribution in [3.63, 3.8) is 0 Å². The summed E-state index contributed by atoms with van der Waals surface area (Å²) in [4.78, 5) is 8.99.